The van der Waals surface area contributed by atoms with E-state index in [9.17, 15) is 0 Å². The number of aryl methyl sites for hydroxylation is 4. The predicted molar refractivity (Wildman–Crippen MR) is 211 cm³/mol. The first kappa shape index (κ1) is 30.4. The Hall–Kier alpha value is -5.66. The molecule has 0 saturated carbocycles. The fourth-order valence-corrected chi connectivity index (χ4v) is 8.34. The van der Waals surface area contributed by atoms with E-state index in [1.54, 1.807) is 0 Å². The fourth-order valence-electron chi connectivity index (χ4n) is 8.34. The molecule has 7 aromatic rings. The number of para-hydroxylation sites is 1. The van der Waals surface area contributed by atoms with Gasteiger partial charge in [0.2, 0.25) is 0 Å². The van der Waals surface area contributed by atoms with E-state index < -0.39 is 0 Å². The van der Waals surface area contributed by atoms with E-state index in [0.29, 0.717) is 0 Å². The highest BCUT2D eigenvalue weighted by molar-refractivity contribution is 5.95. The van der Waals surface area contributed by atoms with Crippen LogP contribution in [0.5, 0.6) is 0 Å². The summed E-state index contributed by atoms with van der Waals surface area (Å²) < 4.78 is 0. The van der Waals surface area contributed by atoms with Crippen LogP contribution in [0.25, 0.3) is 33.4 Å². The number of anilines is 3. The van der Waals surface area contributed by atoms with Crippen molar-refractivity contribution in [3.63, 3.8) is 0 Å². The first-order chi connectivity index (χ1) is 24.5. The summed E-state index contributed by atoms with van der Waals surface area (Å²) in [5.41, 5.74) is 19.6. The number of benzene rings is 7. The van der Waals surface area contributed by atoms with Crippen molar-refractivity contribution in [1.29, 1.82) is 0 Å². The molecule has 0 aliphatic heterocycles. The zero-order valence-electron chi connectivity index (χ0n) is 28.9. The lowest BCUT2D eigenvalue weighted by atomic mass is 9.81. The average Bonchev–Trinajstić information content (AvgIpc) is 3.39. The van der Waals surface area contributed by atoms with Crippen LogP contribution in [-0.4, -0.2) is 0 Å². The van der Waals surface area contributed by atoms with E-state index in [1.165, 1.54) is 83.8 Å². The van der Waals surface area contributed by atoms with E-state index >= 15 is 0 Å². The third-order valence-corrected chi connectivity index (χ3v) is 11.1. The lowest BCUT2D eigenvalue weighted by molar-refractivity contribution is 0.660. The van der Waals surface area contributed by atoms with Crippen LogP contribution in [-0.2, 0) is 31.1 Å². The van der Waals surface area contributed by atoms with Gasteiger partial charge in [0.1, 0.15) is 0 Å². The second-order valence-electron chi connectivity index (χ2n) is 14.4. The minimum atomic E-state index is -0.149. The summed E-state index contributed by atoms with van der Waals surface area (Å²) in [7, 11) is 0. The molecule has 0 amide bonds. The molecule has 5 aliphatic rings. The molecule has 1 heteroatoms. The number of rotatable bonds is 5. The molecule has 0 saturated heterocycles. The maximum absolute atomic E-state index is 2.56. The quantitative estimate of drug-likeness (QED) is 0.180. The van der Waals surface area contributed by atoms with E-state index in [4.69, 9.17) is 0 Å². The molecular formula is C49H41N. The topological polar surface area (TPSA) is 3.24 Å². The van der Waals surface area contributed by atoms with Crippen LogP contribution in [0.4, 0.5) is 17.1 Å². The Morgan fingerprint density at radius 2 is 1.02 bits per heavy atom. The van der Waals surface area contributed by atoms with E-state index in [-0.39, 0.29) is 5.41 Å². The number of hydrogen-bond acceptors (Lipinski definition) is 1. The molecule has 0 atom stereocenters. The molecule has 0 radical (unpaired) electrons. The monoisotopic (exact) mass is 643 g/mol. The lowest BCUT2D eigenvalue weighted by Gasteiger charge is -2.32. The normalized spacial score (nSPS) is 14.0. The van der Waals surface area contributed by atoms with Crippen molar-refractivity contribution < 1.29 is 0 Å². The molecule has 0 spiro atoms. The Labute approximate surface area is 296 Å². The molecule has 12 rings (SSSR count). The van der Waals surface area contributed by atoms with Crippen molar-refractivity contribution >= 4 is 17.1 Å². The van der Waals surface area contributed by atoms with Crippen molar-refractivity contribution in [3.05, 3.63) is 197 Å². The van der Waals surface area contributed by atoms with Crippen molar-refractivity contribution in [1.82, 2.24) is 0 Å². The van der Waals surface area contributed by atoms with Crippen LogP contribution in [0.15, 0.2) is 164 Å². The summed E-state index contributed by atoms with van der Waals surface area (Å²) in [6, 6.07) is 61.3. The van der Waals surface area contributed by atoms with Crippen molar-refractivity contribution in [2.75, 3.05) is 4.90 Å². The second kappa shape index (κ2) is 12.3. The van der Waals surface area contributed by atoms with Crippen LogP contribution in [0.1, 0.15) is 47.2 Å². The van der Waals surface area contributed by atoms with Crippen molar-refractivity contribution in [2.24, 2.45) is 0 Å². The molecule has 0 heterocycles. The largest absolute Gasteiger partial charge is 0.310 e. The number of hydrogen-bond donors (Lipinski definition) is 0. The van der Waals surface area contributed by atoms with Gasteiger partial charge in [0.05, 0.1) is 5.69 Å². The molecule has 5 aliphatic carbocycles. The standard InChI is InChI=1S/C49H41N/c1-49(2)44-18-11-17-42(38-14-7-4-8-15-38)48(44)43-31-30-40(33-45(43)49)50(46-19-10-9-16-41(46)37-12-5-3-6-13-37)47-32-36-25-24-34-20-22-35(23-21-34)26-28-39(47)29-27-36/h3-23,27,29-33H,24-26,28H2,1-2H3. The van der Waals surface area contributed by atoms with Gasteiger partial charge in [0.15, 0.2) is 0 Å². The second-order valence-corrected chi connectivity index (χ2v) is 14.4. The van der Waals surface area contributed by atoms with Gasteiger partial charge < -0.3 is 4.90 Å². The molecule has 50 heavy (non-hydrogen) atoms. The Morgan fingerprint density at radius 3 is 1.76 bits per heavy atom. The van der Waals surface area contributed by atoms with Gasteiger partial charge in [-0.25, -0.2) is 0 Å². The molecule has 0 unspecified atom stereocenters. The summed E-state index contributed by atoms with van der Waals surface area (Å²) in [6.07, 6.45) is 4.03. The molecule has 0 fully saturated rings. The van der Waals surface area contributed by atoms with Gasteiger partial charge >= 0.3 is 0 Å². The summed E-state index contributed by atoms with van der Waals surface area (Å²) >= 11 is 0. The number of fused-ring (bicyclic) bond motifs is 3. The van der Waals surface area contributed by atoms with Crippen LogP contribution < -0.4 is 4.90 Å². The van der Waals surface area contributed by atoms with Crippen molar-refractivity contribution in [3.8, 4) is 33.4 Å². The first-order valence-electron chi connectivity index (χ1n) is 18.0. The molecule has 0 N–H and O–H groups in total. The Morgan fingerprint density at radius 1 is 0.420 bits per heavy atom. The molecule has 7 aromatic carbocycles. The molecule has 1 nitrogen and oxygen atoms in total. The predicted octanol–water partition coefficient (Wildman–Crippen LogP) is 12.7. The smallest absolute Gasteiger partial charge is 0.0540 e. The van der Waals surface area contributed by atoms with Gasteiger partial charge in [-0.15, -0.1) is 0 Å². The zero-order valence-corrected chi connectivity index (χ0v) is 28.9. The molecular weight excluding hydrogens is 603 g/mol. The molecule has 0 aromatic heterocycles. The van der Waals surface area contributed by atoms with Crippen molar-refractivity contribution in [2.45, 2.75) is 44.9 Å². The third-order valence-electron chi connectivity index (χ3n) is 11.1. The number of nitrogens with zero attached hydrogens (tertiary/aromatic N) is 1. The summed E-state index contributed by atoms with van der Waals surface area (Å²) in [6.45, 7) is 4.79. The first-order valence-corrected chi connectivity index (χ1v) is 18.0. The van der Waals surface area contributed by atoms with E-state index in [0.717, 1.165) is 25.7 Å². The maximum Gasteiger partial charge on any atom is 0.0540 e. The maximum atomic E-state index is 2.56. The average molecular weight is 644 g/mol. The minimum absolute atomic E-state index is 0.149. The van der Waals surface area contributed by atoms with Crippen LogP contribution in [0.2, 0.25) is 0 Å². The summed E-state index contributed by atoms with van der Waals surface area (Å²) in [5, 5.41) is 0. The SMILES string of the molecule is CC1(C)c2cc(N(c3cc4ccc3CCc3ccc(cc3)CC4)c3ccccc3-c3ccccc3)ccc2-c2c(-c3ccccc3)cccc21. The van der Waals surface area contributed by atoms with Crippen LogP contribution >= 0.6 is 0 Å². The van der Waals surface area contributed by atoms with E-state index in [2.05, 4.69) is 183 Å². The van der Waals surface area contributed by atoms with Gasteiger partial charge in [-0.1, -0.05) is 153 Å². The van der Waals surface area contributed by atoms with Gasteiger partial charge in [-0.05, 0) is 111 Å². The minimum Gasteiger partial charge on any atom is -0.310 e. The van der Waals surface area contributed by atoms with Crippen LogP contribution in [0, 0.1) is 0 Å². The summed E-state index contributed by atoms with van der Waals surface area (Å²) in [5.74, 6) is 0. The van der Waals surface area contributed by atoms with Gasteiger partial charge in [0, 0.05) is 22.4 Å². The lowest BCUT2D eigenvalue weighted by Crippen LogP contribution is -2.18. The molecule has 242 valence electrons. The molecule has 4 bridgehead atoms. The Kier molecular flexibility index (Phi) is 7.50. The van der Waals surface area contributed by atoms with E-state index in [1.807, 2.05) is 0 Å². The third kappa shape index (κ3) is 5.26. The fraction of sp³-hybridized carbons (Fsp3) is 0.143. The van der Waals surface area contributed by atoms with Crippen LogP contribution in [0.3, 0.4) is 0 Å². The van der Waals surface area contributed by atoms with Gasteiger partial charge in [-0.3, -0.25) is 0 Å². The Balaban J connectivity index is 1.26. The highest BCUT2D eigenvalue weighted by atomic mass is 15.1. The zero-order chi connectivity index (χ0) is 33.7. The van der Waals surface area contributed by atoms with Gasteiger partial charge in [0.25, 0.3) is 0 Å². The Bertz CT molecular complexity index is 2330. The summed E-state index contributed by atoms with van der Waals surface area (Å²) in [4.78, 5) is 2.56. The highest BCUT2D eigenvalue weighted by Crippen LogP contribution is 2.54. The van der Waals surface area contributed by atoms with Gasteiger partial charge in [-0.2, -0.15) is 0 Å². The highest BCUT2D eigenvalue weighted by Gasteiger charge is 2.37.